The summed E-state index contributed by atoms with van der Waals surface area (Å²) in [6, 6.07) is 0. The quantitative estimate of drug-likeness (QED) is 0.656. The monoisotopic (exact) mass is 213 g/mol. The number of nitrogens with one attached hydrogen (secondary N) is 1. The second-order valence-corrected chi connectivity index (χ2v) is 4.96. The largest absolute Gasteiger partial charge is 0.377 e. The minimum absolute atomic E-state index is 0.366. The van der Waals surface area contributed by atoms with E-state index in [-0.39, 0.29) is 0 Å². The van der Waals surface area contributed by atoms with Crippen molar-refractivity contribution in [3.8, 4) is 0 Å². The third kappa shape index (κ3) is 6.91. The highest BCUT2D eigenvalue weighted by molar-refractivity contribution is 4.66. The molecular formula is C13H27NO. The van der Waals surface area contributed by atoms with Crippen molar-refractivity contribution in [3.63, 3.8) is 0 Å². The molecule has 0 atom stereocenters. The summed E-state index contributed by atoms with van der Waals surface area (Å²) in [5.74, 6) is 0.997. The van der Waals surface area contributed by atoms with Gasteiger partial charge in [0.1, 0.15) is 0 Å². The van der Waals surface area contributed by atoms with Crippen molar-refractivity contribution >= 4 is 0 Å². The van der Waals surface area contributed by atoms with Gasteiger partial charge in [-0.1, -0.05) is 32.1 Å². The molecule has 2 heteroatoms. The highest BCUT2D eigenvalue weighted by atomic mass is 16.5. The van der Waals surface area contributed by atoms with Gasteiger partial charge in [-0.05, 0) is 32.7 Å². The van der Waals surface area contributed by atoms with Gasteiger partial charge in [-0.3, -0.25) is 0 Å². The first-order valence-electron chi connectivity index (χ1n) is 6.61. The molecule has 0 aromatic heterocycles. The molecule has 1 saturated carbocycles. The first-order chi connectivity index (χ1) is 7.29. The number of rotatable bonds is 7. The fourth-order valence-corrected chi connectivity index (χ4v) is 2.27. The van der Waals surface area contributed by atoms with Gasteiger partial charge in [-0.15, -0.1) is 0 Å². The fraction of sp³-hybridized carbons (Fsp3) is 1.00. The lowest BCUT2D eigenvalue weighted by atomic mass is 9.87. The van der Waals surface area contributed by atoms with Crippen molar-refractivity contribution in [1.82, 2.24) is 5.32 Å². The average Bonchev–Trinajstić information content (AvgIpc) is 2.24. The molecule has 0 unspecified atom stereocenters. The van der Waals surface area contributed by atoms with Crippen LogP contribution in [0, 0.1) is 5.92 Å². The Morgan fingerprint density at radius 3 is 2.53 bits per heavy atom. The van der Waals surface area contributed by atoms with Crippen LogP contribution in [0.3, 0.4) is 0 Å². The van der Waals surface area contributed by atoms with Gasteiger partial charge in [0.15, 0.2) is 0 Å². The highest BCUT2D eigenvalue weighted by Gasteiger charge is 2.12. The Labute approximate surface area is 94.8 Å². The molecule has 1 aliphatic rings. The van der Waals surface area contributed by atoms with Crippen molar-refractivity contribution in [2.24, 2.45) is 5.92 Å². The van der Waals surface area contributed by atoms with Crippen molar-refractivity contribution in [1.29, 1.82) is 0 Å². The van der Waals surface area contributed by atoms with E-state index in [1.807, 2.05) is 0 Å². The summed E-state index contributed by atoms with van der Waals surface area (Å²) in [6.07, 6.45) is 9.04. The van der Waals surface area contributed by atoms with E-state index in [2.05, 4.69) is 19.2 Å². The lowest BCUT2D eigenvalue weighted by Crippen LogP contribution is -2.24. The number of ether oxygens (including phenoxy) is 1. The van der Waals surface area contributed by atoms with Crippen LogP contribution in [-0.4, -0.2) is 25.8 Å². The van der Waals surface area contributed by atoms with Gasteiger partial charge in [0, 0.05) is 6.54 Å². The third-order valence-corrected chi connectivity index (χ3v) is 3.18. The highest BCUT2D eigenvalue weighted by Crippen LogP contribution is 2.25. The molecular weight excluding hydrogens is 186 g/mol. The molecule has 1 N–H and O–H groups in total. The van der Waals surface area contributed by atoms with Gasteiger partial charge in [0.05, 0.1) is 12.7 Å². The average molecular weight is 213 g/mol. The van der Waals surface area contributed by atoms with E-state index in [1.54, 1.807) is 0 Å². The van der Waals surface area contributed by atoms with E-state index in [1.165, 1.54) is 45.1 Å². The predicted octanol–water partition coefficient (Wildman–Crippen LogP) is 2.97. The zero-order valence-corrected chi connectivity index (χ0v) is 10.4. The van der Waals surface area contributed by atoms with Crippen LogP contribution in [0.5, 0.6) is 0 Å². The van der Waals surface area contributed by atoms with Crippen molar-refractivity contribution < 1.29 is 4.74 Å². The van der Waals surface area contributed by atoms with Crippen LogP contribution in [-0.2, 0) is 4.74 Å². The van der Waals surface area contributed by atoms with Crippen molar-refractivity contribution in [2.75, 3.05) is 19.7 Å². The molecule has 15 heavy (non-hydrogen) atoms. The molecule has 0 bridgehead atoms. The maximum atomic E-state index is 5.47. The van der Waals surface area contributed by atoms with Crippen LogP contribution in [0.2, 0.25) is 0 Å². The molecule has 1 aliphatic carbocycles. The SMILES string of the molecule is CC(C)OCCNCCC1CCCCC1. The number of hydrogen-bond donors (Lipinski definition) is 1. The summed E-state index contributed by atoms with van der Waals surface area (Å²) in [6.45, 7) is 7.20. The van der Waals surface area contributed by atoms with E-state index in [4.69, 9.17) is 4.74 Å². The van der Waals surface area contributed by atoms with Crippen LogP contribution < -0.4 is 5.32 Å². The Morgan fingerprint density at radius 2 is 1.87 bits per heavy atom. The van der Waals surface area contributed by atoms with Gasteiger partial charge in [0.25, 0.3) is 0 Å². The van der Waals surface area contributed by atoms with Gasteiger partial charge in [0.2, 0.25) is 0 Å². The van der Waals surface area contributed by atoms with Crippen LogP contribution in [0.4, 0.5) is 0 Å². The summed E-state index contributed by atoms with van der Waals surface area (Å²) in [4.78, 5) is 0. The van der Waals surface area contributed by atoms with E-state index < -0.39 is 0 Å². The van der Waals surface area contributed by atoms with Crippen molar-refractivity contribution in [3.05, 3.63) is 0 Å². The van der Waals surface area contributed by atoms with E-state index in [0.29, 0.717) is 6.10 Å². The first-order valence-corrected chi connectivity index (χ1v) is 6.61. The predicted molar refractivity (Wildman–Crippen MR) is 65.1 cm³/mol. The third-order valence-electron chi connectivity index (χ3n) is 3.18. The molecule has 0 saturated heterocycles. The summed E-state index contributed by atoms with van der Waals surface area (Å²) < 4.78 is 5.47. The Balaban J connectivity index is 1.83. The van der Waals surface area contributed by atoms with E-state index >= 15 is 0 Å². The molecule has 0 spiro atoms. The van der Waals surface area contributed by atoms with Gasteiger partial charge >= 0.3 is 0 Å². The minimum Gasteiger partial charge on any atom is -0.377 e. The molecule has 0 aromatic carbocycles. The Kier molecular flexibility index (Phi) is 7.03. The van der Waals surface area contributed by atoms with Crippen LogP contribution >= 0.6 is 0 Å². The Hall–Kier alpha value is -0.0800. The molecule has 0 heterocycles. The first kappa shape index (κ1) is 13.0. The summed E-state index contributed by atoms with van der Waals surface area (Å²) in [5, 5.41) is 3.46. The Bertz CT molecular complexity index is 141. The van der Waals surface area contributed by atoms with Crippen LogP contribution in [0.1, 0.15) is 52.4 Å². The fourth-order valence-electron chi connectivity index (χ4n) is 2.27. The second-order valence-electron chi connectivity index (χ2n) is 4.96. The second kappa shape index (κ2) is 8.12. The van der Waals surface area contributed by atoms with Gasteiger partial charge < -0.3 is 10.1 Å². The standard InChI is InChI=1S/C13H27NO/c1-12(2)15-11-10-14-9-8-13-6-4-3-5-7-13/h12-14H,3-11H2,1-2H3. The van der Waals surface area contributed by atoms with E-state index in [0.717, 1.165) is 19.1 Å². The molecule has 0 radical (unpaired) electrons. The molecule has 1 rings (SSSR count). The maximum absolute atomic E-state index is 5.47. The van der Waals surface area contributed by atoms with Crippen LogP contribution in [0.15, 0.2) is 0 Å². The Morgan fingerprint density at radius 1 is 1.13 bits per heavy atom. The molecule has 1 fully saturated rings. The summed E-state index contributed by atoms with van der Waals surface area (Å²) >= 11 is 0. The zero-order chi connectivity index (χ0) is 10.9. The van der Waals surface area contributed by atoms with Crippen LogP contribution in [0.25, 0.3) is 0 Å². The lowest BCUT2D eigenvalue weighted by molar-refractivity contribution is 0.0806. The normalized spacial score (nSPS) is 18.6. The molecule has 0 amide bonds. The number of hydrogen-bond acceptors (Lipinski definition) is 2. The lowest BCUT2D eigenvalue weighted by Gasteiger charge is -2.21. The smallest absolute Gasteiger partial charge is 0.0594 e. The summed E-state index contributed by atoms with van der Waals surface area (Å²) in [5.41, 5.74) is 0. The van der Waals surface area contributed by atoms with Gasteiger partial charge in [-0.25, -0.2) is 0 Å². The molecule has 90 valence electrons. The van der Waals surface area contributed by atoms with Crippen molar-refractivity contribution in [2.45, 2.75) is 58.5 Å². The maximum Gasteiger partial charge on any atom is 0.0594 e. The topological polar surface area (TPSA) is 21.3 Å². The van der Waals surface area contributed by atoms with E-state index in [9.17, 15) is 0 Å². The summed E-state index contributed by atoms with van der Waals surface area (Å²) in [7, 11) is 0. The molecule has 0 aromatic rings. The zero-order valence-electron chi connectivity index (χ0n) is 10.4. The minimum atomic E-state index is 0.366. The van der Waals surface area contributed by atoms with Gasteiger partial charge in [-0.2, -0.15) is 0 Å². The molecule has 2 nitrogen and oxygen atoms in total. The molecule has 0 aliphatic heterocycles.